The Morgan fingerprint density at radius 1 is 1.42 bits per heavy atom. The second-order valence-electron chi connectivity index (χ2n) is 4.72. The number of nitrogens with one attached hydrogen (secondary N) is 1. The van der Waals surface area contributed by atoms with Crippen LogP contribution in [0.15, 0.2) is 18.2 Å². The summed E-state index contributed by atoms with van der Waals surface area (Å²) in [5, 5.41) is 2.66. The molecule has 0 saturated carbocycles. The van der Waals surface area contributed by atoms with Crippen LogP contribution in [-0.2, 0) is 9.59 Å². The van der Waals surface area contributed by atoms with E-state index in [1.54, 1.807) is 19.1 Å². The molecular formula is C14H17FN2O2. The lowest BCUT2D eigenvalue weighted by Gasteiger charge is -2.24. The summed E-state index contributed by atoms with van der Waals surface area (Å²) < 4.78 is 14.0. The molecule has 1 heterocycles. The largest absolute Gasteiger partial charge is 0.344 e. The molecule has 1 N–H and O–H groups in total. The van der Waals surface area contributed by atoms with Gasteiger partial charge in [-0.2, -0.15) is 0 Å². The van der Waals surface area contributed by atoms with E-state index < -0.39 is 11.9 Å². The highest BCUT2D eigenvalue weighted by Crippen LogP contribution is 2.23. The molecule has 1 aromatic carbocycles. The van der Waals surface area contributed by atoms with Crippen LogP contribution in [0.5, 0.6) is 0 Å². The topological polar surface area (TPSA) is 49.4 Å². The van der Waals surface area contributed by atoms with Crippen molar-refractivity contribution in [2.75, 3.05) is 11.4 Å². The predicted molar refractivity (Wildman–Crippen MR) is 70.3 cm³/mol. The number of rotatable bonds is 2. The third-order valence-corrected chi connectivity index (χ3v) is 3.26. The van der Waals surface area contributed by atoms with Crippen LogP contribution in [0.4, 0.5) is 10.1 Å². The van der Waals surface area contributed by atoms with Gasteiger partial charge in [0.25, 0.3) is 0 Å². The van der Waals surface area contributed by atoms with E-state index in [0.717, 1.165) is 5.56 Å². The third-order valence-electron chi connectivity index (χ3n) is 3.26. The quantitative estimate of drug-likeness (QED) is 0.885. The summed E-state index contributed by atoms with van der Waals surface area (Å²) in [5.41, 5.74) is 1.04. The molecule has 1 saturated heterocycles. The van der Waals surface area contributed by atoms with Crippen molar-refractivity contribution in [3.63, 3.8) is 0 Å². The molecule has 19 heavy (non-hydrogen) atoms. The fraction of sp³-hybridized carbons (Fsp3) is 0.429. The van der Waals surface area contributed by atoms with Crippen molar-refractivity contribution in [2.24, 2.45) is 0 Å². The SMILES string of the molecule is CCC1NC(=O)CCN(c2ccc(C)cc2F)C1=O. The first-order valence-electron chi connectivity index (χ1n) is 6.39. The smallest absolute Gasteiger partial charge is 0.249 e. The van der Waals surface area contributed by atoms with E-state index in [1.165, 1.54) is 11.0 Å². The third kappa shape index (κ3) is 2.75. The molecule has 102 valence electrons. The maximum absolute atomic E-state index is 14.0. The second kappa shape index (κ2) is 5.38. The van der Waals surface area contributed by atoms with E-state index in [1.807, 2.05) is 6.92 Å². The maximum Gasteiger partial charge on any atom is 0.249 e. The standard InChI is InChI=1S/C14H17FN2O2/c1-3-11-14(19)17(7-6-13(18)16-11)12-5-4-9(2)8-10(12)15/h4-5,8,11H,3,6-7H2,1-2H3,(H,16,18). The minimum absolute atomic E-state index is 0.171. The molecule has 0 radical (unpaired) electrons. The van der Waals surface area contributed by atoms with Gasteiger partial charge in [-0.15, -0.1) is 0 Å². The maximum atomic E-state index is 14.0. The van der Waals surface area contributed by atoms with E-state index >= 15 is 0 Å². The number of aryl methyl sites for hydroxylation is 1. The van der Waals surface area contributed by atoms with E-state index in [0.29, 0.717) is 6.42 Å². The molecule has 4 nitrogen and oxygen atoms in total. The highest BCUT2D eigenvalue weighted by molar-refractivity contribution is 6.01. The van der Waals surface area contributed by atoms with Gasteiger partial charge in [-0.3, -0.25) is 9.59 Å². The molecule has 0 spiro atoms. The molecule has 1 aliphatic rings. The zero-order chi connectivity index (χ0) is 14.0. The Bertz CT molecular complexity index is 516. The van der Waals surface area contributed by atoms with Crippen LogP contribution in [0.1, 0.15) is 25.3 Å². The molecule has 0 bridgehead atoms. The predicted octanol–water partition coefficient (Wildman–Crippen LogP) is 1.77. The van der Waals surface area contributed by atoms with Crippen molar-refractivity contribution in [1.82, 2.24) is 5.32 Å². The normalized spacial score (nSPS) is 20.2. The number of halogens is 1. The van der Waals surface area contributed by atoms with Gasteiger partial charge in [0.1, 0.15) is 11.9 Å². The molecular weight excluding hydrogens is 247 g/mol. The van der Waals surface area contributed by atoms with Gasteiger partial charge in [0, 0.05) is 13.0 Å². The molecule has 5 heteroatoms. The molecule has 2 amide bonds. The Hall–Kier alpha value is -1.91. The number of carbonyl (C=O) groups is 2. The fourth-order valence-electron chi connectivity index (χ4n) is 2.19. The van der Waals surface area contributed by atoms with Gasteiger partial charge in [0.2, 0.25) is 11.8 Å². The van der Waals surface area contributed by atoms with Gasteiger partial charge in [0.05, 0.1) is 5.69 Å². The van der Waals surface area contributed by atoms with Crippen molar-refractivity contribution in [3.8, 4) is 0 Å². The summed E-state index contributed by atoms with van der Waals surface area (Å²) >= 11 is 0. The highest BCUT2D eigenvalue weighted by atomic mass is 19.1. The lowest BCUT2D eigenvalue weighted by molar-refractivity contribution is -0.125. The molecule has 0 aromatic heterocycles. The Kier molecular flexibility index (Phi) is 3.83. The molecule has 1 fully saturated rings. The van der Waals surface area contributed by atoms with Crippen molar-refractivity contribution < 1.29 is 14.0 Å². The summed E-state index contributed by atoms with van der Waals surface area (Å²) in [6.07, 6.45) is 0.685. The summed E-state index contributed by atoms with van der Waals surface area (Å²) in [4.78, 5) is 25.2. The van der Waals surface area contributed by atoms with Gasteiger partial charge < -0.3 is 10.2 Å². The summed E-state index contributed by atoms with van der Waals surface area (Å²) in [7, 11) is 0. The Morgan fingerprint density at radius 3 is 2.79 bits per heavy atom. The van der Waals surface area contributed by atoms with E-state index in [-0.39, 0.29) is 30.5 Å². The average molecular weight is 264 g/mol. The summed E-state index contributed by atoms with van der Waals surface area (Å²) in [6, 6.07) is 4.16. The van der Waals surface area contributed by atoms with Crippen LogP contribution >= 0.6 is 0 Å². The second-order valence-corrected chi connectivity index (χ2v) is 4.72. The first-order chi connectivity index (χ1) is 9.02. The van der Waals surface area contributed by atoms with Gasteiger partial charge >= 0.3 is 0 Å². The molecule has 2 rings (SSSR count). The van der Waals surface area contributed by atoms with Gasteiger partial charge in [-0.1, -0.05) is 13.0 Å². The van der Waals surface area contributed by atoms with Crippen LogP contribution in [0.2, 0.25) is 0 Å². The van der Waals surface area contributed by atoms with Crippen LogP contribution in [0, 0.1) is 12.7 Å². The monoisotopic (exact) mass is 264 g/mol. The van der Waals surface area contributed by atoms with Crippen LogP contribution < -0.4 is 10.2 Å². The van der Waals surface area contributed by atoms with Gasteiger partial charge in [-0.05, 0) is 31.0 Å². The van der Waals surface area contributed by atoms with Crippen LogP contribution in [0.25, 0.3) is 0 Å². The number of anilines is 1. The minimum Gasteiger partial charge on any atom is -0.344 e. The Morgan fingerprint density at radius 2 is 2.16 bits per heavy atom. The zero-order valence-corrected chi connectivity index (χ0v) is 11.1. The molecule has 1 aliphatic heterocycles. The Balaban J connectivity index is 2.36. The van der Waals surface area contributed by atoms with E-state index in [4.69, 9.17) is 0 Å². The Labute approximate surface area is 111 Å². The molecule has 1 aromatic rings. The van der Waals surface area contributed by atoms with E-state index in [9.17, 15) is 14.0 Å². The molecule has 0 aliphatic carbocycles. The van der Waals surface area contributed by atoms with Gasteiger partial charge in [0.15, 0.2) is 0 Å². The van der Waals surface area contributed by atoms with Gasteiger partial charge in [-0.25, -0.2) is 4.39 Å². The molecule has 1 unspecified atom stereocenters. The summed E-state index contributed by atoms with van der Waals surface area (Å²) in [6.45, 7) is 3.82. The first kappa shape index (κ1) is 13.5. The van der Waals surface area contributed by atoms with E-state index in [2.05, 4.69) is 5.32 Å². The zero-order valence-electron chi connectivity index (χ0n) is 11.1. The average Bonchev–Trinajstić information content (AvgIpc) is 2.50. The van der Waals surface area contributed by atoms with Crippen LogP contribution in [0.3, 0.4) is 0 Å². The molecule has 1 atom stereocenters. The number of hydrogen-bond donors (Lipinski definition) is 1. The van der Waals surface area contributed by atoms with Crippen molar-refractivity contribution in [2.45, 2.75) is 32.7 Å². The minimum atomic E-state index is -0.573. The number of benzene rings is 1. The lowest BCUT2D eigenvalue weighted by Crippen LogP contribution is -2.44. The fourth-order valence-corrected chi connectivity index (χ4v) is 2.19. The van der Waals surface area contributed by atoms with Crippen molar-refractivity contribution in [3.05, 3.63) is 29.6 Å². The number of carbonyl (C=O) groups excluding carboxylic acids is 2. The van der Waals surface area contributed by atoms with Crippen molar-refractivity contribution >= 4 is 17.5 Å². The summed E-state index contributed by atoms with van der Waals surface area (Å²) in [5.74, 6) is -0.858. The number of amides is 2. The number of nitrogens with zero attached hydrogens (tertiary/aromatic N) is 1. The highest BCUT2D eigenvalue weighted by Gasteiger charge is 2.30. The number of hydrogen-bond acceptors (Lipinski definition) is 2. The first-order valence-corrected chi connectivity index (χ1v) is 6.39. The lowest BCUT2D eigenvalue weighted by atomic mass is 10.1. The van der Waals surface area contributed by atoms with Crippen LogP contribution in [-0.4, -0.2) is 24.4 Å². The van der Waals surface area contributed by atoms with Crippen molar-refractivity contribution in [1.29, 1.82) is 0 Å².